The number of anilines is 1. The van der Waals surface area contributed by atoms with Crippen molar-refractivity contribution in [3.63, 3.8) is 0 Å². The summed E-state index contributed by atoms with van der Waals surface area (Å²) < 4.78 is 11.4. The Balaban J connectivity index is 0.961. The number of pyridine rings is 1. The highest BCUT2D eigenvalue weighted by Gasteiger charge is 2.39. The predicted molar refractivity (Wildman–Crippen MR) is 145 cm³/mol. The van der Waals surface area contributed by atoms with Crippen molar-refractivity contribution in [3.05, 3.63) is 53.2 Å². The van der Waals surface area contributed by atoms with Gasteiger partial charge >= 0.3 is 0 Å². The molecule has 0 bridgehead atoms. The molecule has 1 aromatic carbocycles. The molecule has 1 atom stereocenters. The number of piperidine rings is 1. The van der Waals surface area contributed by atoms with Gasteiger partial charge in [-0.2, -0.15) is 0 Å². The van der Waals surface area contributed by atoms with E-state index in [0.717, 1.165) is 87.9 Å². The smallest absolute Gasteiger partial charge is 0.255 e. The van der Waals surface area contributed by atoms with E-state index in [4.69, 9.17) is 14.5 Å². The van der Waals surface area contributed by atoms with Gasteiger partial charge in [-0.25, -0.2) is 4.98 Å². The first kappa shape index (κ1) is 27.1. The number of nitrogens with zero attached hydrogens (tertiary/aromatic N) is 3. The summed E-state index contributed by atoms with van der Waals surface area (Å²) in [6.07, 6.45) is 4.88. The topological polar surface area (TPSA) is 113 Å². The molecule has 10 heteroatoms. The zero-order valence-electron chi connectivity index (χ0n) is 22.3. The number of amides is 3. The van der Waals surface area contributed by atoms with Crippen LogP contribution in [0.2, 0.25) is 0 Å². The van der Waals surface area contributed by atoms with Gasteiger partial charge in [-0.15, -0.1) is 0 Å². The Hall–Kier alpha value is -3.50. The van der Waals surface area contributed by atoms with Gasteiger partial charge in [-0.05, 0) is 61.7 Å². The lowest BCUT2D eigenvalue weighted by atomic mass is 10.0. The molecule has 4 heterocycles. The van der Waals surface area contributed by atoms with E-state index in [2.05, 4.69) is 33.7 Å². The molecule has 0 spiro atoms. The van der Waals surface area contributed by atoms with Crippen LogP contribution >= 0.6 is 0 Å². The van der Waals surface area contributed by atoms with Gasteiger partial charge in [0.15, 0.2) is 0 Å². The molecule has 2 N–H and O–H groups in total. The van der Waals surface area contributed by atoms with E-state index in [-0.39, 0.29) is 18.2 Å². The van der Waals surface area contributed by atoms with Crippen LogP contribution in [0.5, 0.6) is 5.75 Å². The standard InChI is InChI=1S/C29H37N5O5/c35-27-11-10-25(28(36)32-27)34-20-21-18-23(8-9-24(21)29(34)37)39-15-4-2-1-3-12-30-19-22-6-5-7-26(31-22)33-13-16-38-17-14-33/h5-9,18,25,30H,1-4,10-17,19-20H2,(H,32,35,36). The number of morpholine rings is 1. The van der Waals surface area contributed by atoms with Gasteiger partial charge in [-0.1, -0.05) is 18.9 Å². The van der Waals surface area contributed by atoms with Crippen molar-refractivity contribution in [2.75, 3.05) is 44.4 Å². The summed E-state index contributed by atoms with van der Waals surface area (Å²) in [5, 5.41) is 5.83. The second kappa shape index (κ2) is 13.0. The highest BCUT2D eigenvalue weighted by Crippen LogP contribution is 2.30. The fourth-order valence-corrected chi connectivity index (χ4v) is 5.29. The Bertz CT molecular complexity index is 1180. The number of benzene rings is 1. The lowest BCUT2D eigenvalue weighted by Gasteiger charge is -2.29. The Kier molecular flexibility index (Phi) is 9.05. The number of hydrogen-bond donors (Lipinski definition) is 2. The molecule has 5 rings (SSSR count). The average molecular weight is 536 g/mol. The van der Waals surface area contributed by atoms with Crippen molar-refractivity contribution in [1.29, 1.82) is 0 Å². The summed E-state index contributed by atoms with van der Waals surface area (Å²) >= 11 is 0. The molecule has 0 saturated carbocycles. The van der Waals surface area contributed by atoms with Gasteiger partial charge in [-0.3, -0.25) is 19.7 Å². The van der Waals surface area contributed by atoms with Gasteiger partial charge in [0.05, 0.1) is 25.5 Å². The van der Waals surface area contributed by atoms with Crippen LogP contribution in [-0.4, -0.2) is 73.1 Å². The molecule has 3 aliphatic rings. The van der Waals surface area contributed by atoms with Crippen LogP contribution < -0.4 is 20.3 Å². The molecule has 3 amide bonds. The minimum absolute atomic E-state index is 0.166. The monoisotopic (exact) mass is 535 g/mol. The van der Waals surface area contributed by atoms with Crippen molar-refractivity contribution in [2.24, 2.45) is 0 Å². The Morgan fingerprint density at radius 1 is 1.05 bits per heavy atom. The van der Waals surface area contributed by atoms with E-state index in [1.165, 1.54) is 0 Å². The van der Waals surface area contributed by atoms with E-state index in [1.807, 2.05) is 12.1 Å². The van der Waals surface area contributed by atoms with Crippen molar-refractivity contribution in [2.45, 2.75) is 57.7 Å². The van der Waals surface area contributed by atoms with Crippen LogP contribution in [0.15, 0.2) is 36.4 Å². The SMILES string of the molecule is O=C1CCC(N2Cc3cc(OCCCCCCNCc4cccc(N5CCOCC5)n4)ccc3C2=O)C(=O)N1. The van der Waals surface area contributed by atoms with Gasteiger partial charge in [0.2, 0.25) is 11.8 Å². The first-order valence-electron chi connectivity index (χ1n) is 14.0. The second-order valence-electron chi connectivity index (χ2n) is 10.2. The molecule has 39 heavy (non-hydrogen) atoms. The third-order valence-corrected chi connectivity index (χ3v) is 7.44. The fraction of sp³-hybridized carbons (Fsp3) is 0.517. The third kappa shape index (κ3) is 6.93. The number of carbonyl (C=O) groups excluding carboxylic acids is 3. The second-order valence-corrected chi connectivity index (χ2v) is 10.2. The van der Waals surface area contributed by atoms with Crippen LogP contribution in [0.4, 0.5) is 5.82 Å². The quantitative estimate of drug-likeness (QED) is 0.315. The lowest BCUT2D eigenvalue weighted by molar-refractivity contribution is -0.136. The Labute approximate surface area is 229 Å². The zero-order valence-corrected chi connectivity index (χ0v) is 22.3. The largest absolute Gasteiger partial charge is 0.494 e. The summed E-state index contributed by atoms with van der Waals surface area (Å²) in [6.45, 7) is 6.00. The van der Waals surface area contributed by atoms with Crippen LogP contribution in [0.1, 0.15) is 60.1 Å². The normalized spacial score (nSPS) is 19.3. The number of hydrogen-bond acceptors (Lipinski definition) is 8. The van der Waals surface area contributed by atoms with Crippen LogP contribution in [0.25, 0.3) is 0 Å². The Morgan fingerprint density at radius 2 is 1.90 bits per heavy atom. The number of fused-ring (bicyclic) bond motifs is 1. The fourth-order valence-electron chi connectivity index (χ4n) is 5.29. The molecule has 1 unspecified atom stereocenters. The lowest BCUT2D eigenvalue weighted by Crippen LogP contribution is -2.52. The van der Waals surface area contributed by atoms with Crippen molar-refractivity contribution >= 4 is 23.5 Å². The molecule has 2 fully saturated rings. The molecule has 208 valence electrons. The predicted octanol–water partition coefficient (Wildman–Crippen LogP) is 2.41. The van der Waals surface area contributed by atoms with Crippen LogP contribution in [-0.2, 0) is 27.4 Å². The molecule has 2 saturated heterocycles. The zero-order chi connectivity index (χ0) is 27.0. The Morgan fingerprint density at radius 3 is 2.74 bits per heavy atom. The van der Waals surface area contributed by atoms with Gasteiger partial charge in [0, 0.05) is 38.2 Å². The van der Waals surface area contributed by atoms with E-state index in [0.29, 0.717) is 25.1 Å². The van der Waals surface area contributed by atoms with Crippen molar-refractivity contribution in [3.8, 4) is 5.75 Å². The summed E-state index contributed by atoms with van der Waals surface area (Å²) in [5.41, 5.74) is 2.52. The number of rotatable bonds is 12. The van der Waals surface area contributed by atoms with Crippen LogP contribution in [0, 0.1) is 0 Å². The molecular weight excluding hydrogens is 498 g/mol. The summed E-state index contributed by atoms with van der Waals surface area (Å²) in [4.78, 5) is 45.1. The van der Waals surface area contributed by atoms with E-state index in [1.54, 1.807) is 11.0 Å². The first-order valence-corrected chi connectivity index (χ1v) is 14.0. The van der Waals surface area contributed by atoms with Gasteiger partial charge in [0.25, 0.3) is 5.91 Å². The number of unbranched alkanes of at least 4 members (excludes halogenated alkanes) is 3. The maximum Gasteiger partial charge on any atom is 0.255 e. The third-order valence-electron chi connectivity index (χ3n) is 7.44. The first-order chi connectivity index (χ1) is 19.1. The van der Waals surface area contributed by atoms with Crippen molar-refractivity contribution in [1.82, 2.24) is 20.5 Å². The minimum Gasteiger partial charge on any atom is -0.494 e. The number of carbonyl (C=O) groups is 3. The van der Waals surface area contributed by atoms with Crippen LogP contribution in [0.3, 0.4) is 0 Å². The summed E-state index contributed by atoms with van der Waals surface area (Å²) in [5.74, 6) is 0.920. The molecule has 1 aromatic heterocycles. The maximum atomic E-state index is 12.8. The molecule has 3 aliphatic heterocycles. The summed E-state index contributed by atoms with van der Waals surface area (Å²) in [6, 6.07) is 11.1. The number of aromatic nitrogens is 1. The molecule has 0 radical (unpaired) electrons. The number of nitrogens with one attached hydrogen (secondary N) is 2. The van der Waals surface area contributed by atoms with Crippen molar-refractivity contribution < 1.29 is 23.9 Å². The minimum atomic E-state index is -0.599. The molecule has 0 aliphatic carbocycles. The number of imide groups is 1. The van der Waals surface area contributed by atoms with Gasteiger partial charge < -0.3 is 24.6 Å². The highest BCUT2D eigenvalue weighted by atomic mass is 16.5. The van der Waals surface area contributed by atoms with E-state index in [9.17, 15) is 14.4 Å². The average Bonchev–Trinajstić information content (AvgIpc) is 3.28. The summed E-state index contributed by atoms with van der Waals surface area (Å²) in [7, 11) is 0. The van der Waals surface area contributed by atoms with E-state index >= 15 is 0 Å². The number of ether oxygens (including phenoxy) is 2. The highest BCUT2D eigenvalue weighted by molar-refractivity contribution is 6.05. The molecule has 2 aromatic rings. The van der Waals surface area contributed by atoms with E-state index < -0.39 is 11.9 Å². The molecular formula is C29H37N5O5. The molecule has 10 nitrogen and oxygen atoms in total. The van der Waals surface area contributed by atoms with Gasteiger partial charge in [0.1, 0.15) is 17.6 Å². The maximum absolute atomic E-state index is 12.8.